The molecule has 0 bridgehead atoms. The molecule has 0 saturated heterocycles. The molecule has 13 nitrogen and oxygen atoms in total. The fraction of sp³-hybridized carbons (Fsp3) is 0.146. The van der Waals surface area contributed by atoms with E-state index in [1.165, 1.54) is 30.3 Å². The highest BCUT2D eigenvalue weighted by atomic mass is 16.5. The van der Waals surface area contributed by atoms with Gasteiger partial charge in [0, 0.05) is 51.4 Å². The summed E-state index contributed by atoms with van der Waals surface area (Å²) in [5, 5.41) is 19.7. The van der Waals surface area contributed by atoms with E-state index < -0.39 is 35.7 Å². The Bertz CT molecular complexity index is 2360. The van der Waals surface area contributed by atoms with E-state index in [0.717, 1.165) is 0 Å². The van der Waals surface area contributed by atoms with Gasteiger partial charge >= 0.3 is 18.0 Å². The average molecular weight is 727 g/mol. The Morgan fingerprint density at radius 2 is 1.46 bits per heavy atom. The molecule has 0 aromatic heterocycles. The summed E-state index contributed by atoms with van der Waals surface area (Å²) >= 11 is 0. The van der Waals surface area contributed by atoms with E-state index in [1.54, 1.807) is 86.7 Å². The molecule has 2 aliphatic carbocycles. The number of hydrogen-bond acceptors (Lipinski definition) is 9. The van der Waals surface area contributed by atoms with Crippen LogP contribution in [0.25, 0.3) is 10.8 Å². The number of ether oxygens (including phenoxy) is 2. The fourth-order valence-corrected chi connectivity index (χ4v) is 5.98. The van der Waals surface area contributed by atoms with Gasteiger partial charge in [-0.2, -0.15) is 0 Å². The number of Topliss-reactive ketones (excluding diaryl/α,β-unsaturated/α-hetero) is 1. The molecule has 4 aromatic carbocycles. The molecule has 0 spiro atoms. The zero-order chi connectivity index (χ0) is 38.4. The number of anilines is 3. The number of phenolic OH excluding ortho intramolecular Hbond substituents is 1. The van der Waals surface area contributed by atoms with Crippen LogP contribution in [-0.4, -0.2) is 59.6 Å². The van der Waals surface area contributed by atoms with Gasteiger partial charge in [0.05, 0.1) is 30.2 Å². The van der Waals surface area contributed by atoms with Crippen molar-refractivity contribution in [1.29, 1.82) is 0 Å². The van der Waals surface area contributed by atoms with Crippen LogP contribution >= 0.6 is 0 Å². The summed E-state index contributed by atoms with van der Waals surface area (Å²) in [6.45, 7) is 3.75. The van der Waals surface area contributed by atoms with E-state index in [9.17, 15) is 33.9 Å². The molecule has 13 heteroatoms. The first kappa shape index (κ1) is 36.6. The van der Waals surface area contributed by atoms with Crippen molar-refractivity contribution in [2.45, 2.75) is 20.3 Å². The average Bonchev–Trinajstić information content (AvgIpc) is 3.15. The number of nitrogens with zero attached hydrogens (tertiary/aromatic N) is 1. The Morgan fingerprint density at radius 1 is 0.796 bits per heavy atom. The van der Waals surface area contributed by atoms with Crippen molar-refractivity contribution in [3.05, 3.63) is 131 Å². The van der Waals surface area contributed by atoms with E-state index in [0.29, 0.717) is 39.0 Å². The third-order valence-electron chi connectivity index (χ3n) is 8.42. The number of amides is 4. The van der Waals surface area contributed by atoms with E-state index in [4.69, 9.17) is 9.47 Å². The summed E-state index contributed by atoms with van der Waals surface area (Å²) in [5.74, 6) is -3.11. The van der Waals surface area contributed by atoms with Crippen molar-refractivity contribution in [1.82, 2.24) is 0 Å². The van der Waals surface area contributed by atoms with E-state index >= 15 is 0 Å². The lowest BCUT2D eigenvalue weighted by atomic mass is 9.81. The number of esters is 2. The van der Waals surface area contributed by atoms with Crippen LogP contribution in [0.15, 0.2) is 119 Å². The van der Waals surface area contributed by atoms with Gasteiger partial charge in [0.2, 0.25) is 0 Å². The van der Waals surface area contributed by atoms with Crippen LogP contribution in [0.2, 0.25) is 0 Å². The summed E-state index contributed by atoms with van der Waals surface area (Å²) in [4.78, 5) is 80.5. The van der Waals surface area contributed by atoms with Crippen LogP contribution in [0.1, 0.15) is 51.3 Å². The van der Waals surface area contributed by atoms with Crippen LogP contribution in [-0.2, 0) is 19.1 Å². The summed E-state index contributed by atoms with van der Waals surface area (Å²) in [7, 11) is 0. The smallest absolute Gasteiger partial charge is 0.338 e. The van der Waals surface area contributed by atoms with Crippen LogP contribution in [0.4, 0.5) is 21.9 Å². The number of phenols is 1. The van der Waals surface area contributed by atoms with Crippen molar-refractivity contribution in [2.75, 3.05) is 29.2 Å². The summed E-state index contributed by atoms with van der Waals surface area (Å²) in [5.41, 5.74) is 2.47. The maximum absolute atomic E-state index is 13.3. The lowest BCUT2D eigenvalue weighted by Gasteiger charge is -2.22. The maximum atomic E-state index is 13.3. The Morgan fingerprint density at radius 3 is 2.19 bits per heavy atom. The van der Waals surface area contributed by atoms with Gasteiger partial charge in [0.1, 0.15) is 5.75 Å². The topological polar surface area (TPSA) is 190 Å². The second kappa shape index (κ2) is 16.0. The number of nitrogens with one attached hydrogen (secondary N) is 3. The largest absolute Gasteiger partial charge is 0.507 e. The van der Waals surface area contributed by atoms with Gasteiger partial charge in [0.15, 0.2) is 5.78 Å². The molecule has 4 N–H and O–H groups in total. The van der Waals surface area contributed by atoms with Crippen LogP contribution in [0.5, 0.6) is 5.75 Å². The number of benzene rings is 4. The van der Waals surface area contributed by atoms with Gasteiger partial charge < -0.3 is 30.5 Å². The molecule has 4 aromatic rings. The predicted molar refractivity (Wildman–Crippen MR) is 202 cm³/mol. The van der Waals surface area contributed by atoms with E-state index in [-0.39, 0.29) is 53.6 Å². The first-order valence-corrected chi connectivity index (χ1v) is 17.0. The summed E-state index contributed by atoms with van der Waals surface area (Å²) < 4.78 is 10.0. The lowest BCUT2D eigenvalue weighted by Crippen LogP contribution is -2.24. The number of rotatable bonds is 9. The minimum absolute atomic E-state index is 0.0957. The minimum Gasteiger partial charge on any atom is -0.507 e. The molecule has 1 unspecified atom stereocenters. The molecule has 0 saturated carbocycles. The fourth-order valence-electron chi connectivity index (χ4n) is 5.98. The Balaban J connectivity index is 1.09. The Hall–Kier alpha value is -7.15. The van der Waals surface area contributed by atoms with Gasteiger partial charge in [-0.3, -0.25) is 14.4 Å². The zero-order valence-corrected chi connectivity index (χ0v) is 29.2. The van der Waals surface area contributed by atoms with Gasteiger partial charge in [-0.15, -0.1) is 0 Å². The minimum atomic E-state index is -0.642. The first-order valence-electron chi connectivity index (χ1n) is 17.0. The molecule has 6 rings (SSSR count). The zero-order valence-electron chi connectivity index (χ0n) is 29.2. The van der Waals surface area contributed by atoms with Crippen molar-refractivity contribution in [3.63, 3.8) is 0 Å². The quantitative estimate of drug-likeness (QED) is 0.135. The van der Waals surface area contributed by atoms with Crippen molar-refractivity contribution in [2.24, 2.45) is 10.9 Å². The lowest BCUT2D eigenvalue weighted by molar-refractivity contribution is -0.139. The third-order valence-corrected chi connectivity index (χ3v) is 8.42. The predicted octanol–water partition coefficient (Wildman–Crippen LogP) is 6.77. The van der Waals surface area contributed by atoms with Gasteiger partial charge in [-0.25, -0.2) is 19.4 Å². The number of hydrogen-bond donors (Lipinski definition) is 4. The number of allylic oxidation sites excluding steroid dienone is 5. The summed E-state index contributed by atoms with van der Waals surface area (Å²) in [6, 6.07) is 19.5. The normalized spacial score (nSPS) is 15.4. The molecule has 4 amide bonds. The van der Waals surface area contributed by atoms with Gasteiger partial charge in [0.25, 0.3) is 11.8 Å². The summed E-state index contributed by atoms with van der Waals surface area (Å²) in [6.07, 6.45) is 6.40. The second-order valence-electron chi connectivity index (χ2n) is 12.2. The molecule has 272 valence electrons. The molecule has 0 fully saturated rings. The number of carbonyl (C=O) groups is 6. The Labute approximate surface area is 309 Å². The monoisotopic (exact) mass is 726 g/mol. The number of urea groups is 1. The number of fused-ring (bicyclic) bond motifs is 2. The van der Waals surface area contributed by atoms with Gasteiger partial charge in [-0.05, 0) is 86.0 Å². The number of carbonyl (C=O) groups excluding carboxylic acids is 6. The molecule has 0 heterocycles. The molecule has 1 atom stereocenters. The first-order chi connectivity index (χ1) is 26.0. The van der Waals surface area contributed by atoms with E-state index in [1.807, 2.05) is 0 Å². The number of aliphatic imine (C=N–C) groups is 1. The highest BCUT2D eigenvalue weighted by Crippen LogP contribution is 2.34. The van der Waals surface area contributed by atoms with Gasteiger partial charge in [-0.1, -0.05) is 36.4 Å². The number of aromatic hydroxyl groups is 1. The van der Waals surface area contributed by atoms with Crippen molar-refractivity contribution < 1.29 is 43.3 Å². The van der Waals surface area contributed by atoms with Crippen LogP contribution in [0, 0.1) is 5.92 Å². The molecule has 0 aliphatic heterocycles. The molecular formula is C41H34N4O9. The molecule has 0 radical (unpaired) electrons. The second-order valence-corrected chi connectivity index (χ2v) is 12.2. The van der Waals surface area contributed by atoms with Crippen LogP contribution in [0.3, 0.4) is 0 Å². The van der Waals surface area contributed by atoms with Crippen molar-refractivity contribution in [3.8, 4) is 5.75 Å². The molecular weight excluding hydrogens is 692 g/mol. The number of ketones is 1. The van der Waals surface area contributed by atoms with Crippen molar-refractivity contribution >= 4 is 69.1 Å². The van der Waals surface area contributed by atoms with Crippen LogP contribution < -0.4 is 16.0 Å². The molecule has 54 heavy (non-hydrogen) atoms. The Kier molecular flexibility index (Phi) is 10.9. The third kappa shape index (κ3) is 8.31. The molecule has 2 aliphatic rings. The highest BCUT2D eigenvalue weighted by molar-refractivity contribution is 6.18. The maximum Gasteiger partial charge on any atom is 0.338 e. The standard InChI is InChI=1S/C41H34N4O9/c1-3-53-39(50)27-16-23-14-15-31(22-32(23)34(46)20-27)42-37(48)25-9-5-11-29(18-25)43-41(52)44-30-12-6-10-26(19-30)38(49)45-33-13-7-8-24-17-28(40(51)54-4-2)21-35(47)36(24)33/h5-19,21-23,47H,3-4,20H2,1-2H3,(H,45,49)(H2,43,44,52). The highest BCUT2D eigenvalue weighted by Gasteiger charge is 2.30. The SMILES string of the molecule is CCOC(=O)C1=CC2C=CC(=NC(=O)c3cccc(NC(=O)Nc4cccc(C(=O)Nc5cccc6cc(C(=O)OCC)cc(O)c56)c4)c3)C=C2C(=O)C1. The van der Waals surface area contributed by atoms with E-state index in [2.05, 4.69) is 20.9 Å².